The number of hydrogen-bond acceptors (Lipinski definition) is 4. The fraction of sp³-hybridized carbons (Fsp3) is 0.185. The Bertz CT molecular complexity index is 1350. The van der Waals surface area contributed by atoms with Crippen LogP contribution in [0.5, 0.6) is 5.75 Å². The molecule has 1 heterocycles. The van der Waals surface area contributed by atoms with Crippen molar-refractivity contribution in [3.63, 3.8) is 0 Å². The van der Waals surface area contributed by atoms with E-state index in [0.717, 1.165) is 34.4 Å². The minimum Gasteiger partial charge on any atom is -0.497 e. The fourth-order valence-electron chi connectivity index (χ4n) is 3.73. The predicted molar refractivity (Wildman–Crippen MR) is 131 cm³/mol. The Morgan fingerprint density at radius 3 is 2.46 bits per heavy atom. The molecule has 35 heavy (non-hydrogen) atoms. The van der Waals surface area contributed by atoms with Gasteiger partial charge < -0.3 is 15.4 Å². The second-order valence-electron chi connectivity index (χ2n) is 8.16. The number of hydrogen-bond donors (Lipinski definition) is 2. The van der Waals surface area contributed by atoms with E-state index >= 15 is 0 Å². The van der Waals surface area contributed by atoms with Gasteiger partial charge in [-0.1, -0.05) is 18.2 Å². The summed E-state index contributed by atoms with van der Waals surface area (Å²) >= 11 is 0. The molecule has 0 saturated heterocycles. The minimum atomic E-state index is -4.42. The molecule has 8 heteroatoms. The number of carbonyl (C=O) groups excluding carboxylic acids is 1. The highest BCUT2D eigenvalue weighted by Gasteiger charge is 2.30. The number of pyridine rings is 1. The average molecular weight is 480 g/mol. The second-order valence-corrected chi connectivity index (χ2v) is 8.16. The summed E-state index contributed by atoms with van der Waals surface area (Å²) in [4.78, 5) is 17.0. The number of anilines is 3. The maximum Gasteiger partial charge on any atom is 0.416 e. The second kappa shape index (κ2) is 10.0. The van der Waals surface area contributed by atoms with Crippen molar-refractivity contribution in [3.05, 3.63) is 89.5 Å². The highest BCUT2D eigenvalue weighted by Crippen LogP contribution is 2.32. The van der Waals surface area contributed by atoms with Crippen molar-refractivity contribution in [1.82, 2.24) is 4.98 Å². The summed E-state index contributed by atoms with van der Waals surface area (Å²) < 4.78 is 44.1. The number of benzene rings is 3. The van der Waals surface area contributed by atoms with Crippen LogP contribution >= 0.6 is 0 Å². The van der Waals surface area contributed by atoms with E-state index in [9.17, 15) is 18.0 Å². The zero-order valence-electron chi connectivity index (χ0n) is 19.2. The van der Waals surface area contributed by atoms with Gasteiger partial charge in [-0.2, -0.15) is 13.2 Å². The van der Waals surface area contributed by atoms with E-state index in [2.05, 4.69) is 15.6 Å². The highest BCUT2D eigenvalue weighted by molar-refractivity contribution is 5.95. The molecule has 1 amide bonds. The Balaban J connectivity index is 1.44. The Hall–Kier alpha value is -4.07. The van der Waals surface area contributed by atoms with Crippen molar-refractivity contribution < 1.29 is 22.7 Å². The number of nitrogens with one attached hydrogen (secondary N) is 2. The van der Waals surface area contributed by atoms with Crippen molar-refractivity contribution in [1.29, 1.82) is 0 Å². The molecule has 0 aliphatic carbocycles. The van der Waals surface area contributed by atoms with Gasteiger partial charge in [-0.15, -0.1) is 0 Å². The molecule has 180 valence electrons. The molecule has 4 aromatic rings. The number of alkyl halides is 3. The monoisotopic (exact) mass is 479 g/mol. The van der Waals surface area contributed by atoms with E-state index in [1.54, 1.807) is 31.4 Å². The van der Waals surface area contributed by atoms with Gasteiger partial charge in [-0.25, -0.2) is 4.98 Å². The van der Waals surface area contributed by atoms with Crippen LogP contribution < -0.4 is 15.4 Å². The summed E-state index contributed by atoms with van der Waals surface area (Å²) in [5.74, 6) is 1.10. The number of aryl methyl sites for hydroxylation is 2. The fourth-order valence-corrected chi connectivity index (χ4v) is 3.73. The summed E-state index contributed by atoms with van der Waals surface area (Å²) in [6.07, 6.45) is -3.48. The van der Waals surface area contributed by atoms with Gasteiger partial charge >= 0.3 is 6.18 Å². The first-order valence-electron chi connectivity index (χ1n) is 11.0. The number of methoxy groups -OCH3 is 1. The lowest BCUT2D eigenvalue weighted by atomic mass is 10.1. The van der Waals surface area contributed by atoms with Gasteiger partial charge in [0.2, 0.25) is 5.91 Å². The molecule has 0 aliphatic rings. The van der Waals surface area contributed by atoms with Gasteiger partial charge in [0.05, 0.1) is 18.2 Å². The smallest absolute Gasteiger partial charge is 0.416 e. The molecule has 0 aliphatic heterocycles. The van der Waals surface area contributed by atoms with Crippen LogP contribution in [0.15, 0.2) is 72.8 Å². The van der Waals surface area contributed by atoms with Gasteiger partial charge in [0.1, 0.15) is 11.6 Å². The number of rotatable bonds is 7. The molecule has 0 unspecified atom stereocenters. The topological polar surface area (TPSA) is 63.2 Å². The van der Waals surface area contributed by atoms with E-state index < -0.39 is 11.7 Å². The molecule has 1 aromatic heterocycles. The molecule has 0 bridgehead atoms. The number of nitrogens with zero attached hydrogens (tertiary/aromatic N) is 1. The molecule has 0 saturated carbocycles. The number of aromatic nitrogens is 1. The van der Waals surface area contributed by atoms with Gasteiger partial charge in [-0.05, 0) is 79.1 Å². The molecule has 3 aromatic carbocycles. The summed E-state index contributed by atoms with van der Waals surface area (Å²) in [7, 11) is 1.61. The molecule has 4 rings (SSSR count). The van der Waals surface area contributed by atoms with Gasteiger partial charge in [0, 0.05) is 23.2 Å². The van der Waals surface area contributed by atoms with Crippen molar-refractivity contribution in [2.45, 2.75) is 25.9 Å². The van der Waals surface area contributed by atoms with Crippen LogP contribution in [0, 0.1) is 6.92 Å². The average Bonchev–Trinajstić information content (AvgIpc) is 2.83. The normalized spacial score (nSPS) is 11.3. The number of carbonyl (C=O) groups is 1. The molecular formula is C27H24F3N3O2. The number of halogens is 3. The molecule has 5 nitrogen and oxygen atoms in total. The van der Waals surface area contributed by atoms with Crippen LogP contribution in [-0.2, 0) is 17.4 Å². The predicted octanol–water partition coefficient (Wildman–Crippen LogP) is 6.89. The van der Waals surface area contributed by atoms with Crippen molar-refractivity contribution in [3.8, 4) is 5.75 Å². The summed E-state index contributed by atoms with van der Waals surface area (Å²) in [6, 6.07) is 19.7. The molecule has 0 radical (unpaired) electrons. The van der Waals surface area contributed by atoms with E-state index in [1.165, 1.54) is 6.07 Å². The molecule has 0 spiro atoms. The number of amides is 1. The van der Waals surface area contributed by atoms with E-state index in [-0.39, 0.29) is 5.91 Å². The van der Waals surface area contributed by atoms with Crippen LogP contribution in [0.2, 0.25) is 0 Å². The van der Waals surface area contributed by atoms with Crippen LogP contribution in [0.4, 0.5) is 30.4 Å². The SMILES string of the molecule is COc1ccc(CCC(=O)Nc2ccc3nc(Nc4cccc(C(F)(F)F)c4)cc(C)c3c2)cc1. The molecule has 2 N–H and O–H groups in total. The lowest BCUT2D eigenvalue weighted by Crippen LogP contribution is -2.12. The van der Waals surface area contributed by atoms with E-state index in [1.807, 2.05) is 37.3 Å². The van der Waals surface area contributed by atoms with Crippen molar-refractivity contribution >= 4 is 34.0 Å². The van der Waals surface area contributed by atoms with Gasteiger partial charge in [0.25, 0.3) is 0 Å². The standard InChI is InChI=1S/C27H24F3N3O2/c1-17-14-25(31-20-5-3-4-19(15-20)27(28,29)30)33-24-12-9-21(16-23(17)24)32-26(34)13-8-18-6-10-22(35-2)11-7-18/h3-7,9-12,14-16H,8,13H2,1-2H3,(H,31,33)(H,32,34). The zero-order valence-corrected chi connectivity index (χ0v) is 19.2. The number of fused-ring (bicyclic) bond motifs is 1. The van der Waals surface area contributed by atoms with Crippen LogP contribution in [-0.4, -0.2) is 18.0 Å². The largest absolute Gasteiger partial charge is 0.497 e. The van der Waals surface area contributed by atoms with Crippen LogP contribution in [0.1, 0.15) is 23.1 Å². The Labute approximate surface area is 201 Å². The first-order valence-corrected chi connectivity index (χ1v) is 11.0. The Morgan fingerprint density at radius 2 is 1.74 bits per heavy atom. The van der Waals surface area contributed by atoms with E-state index in [0.29, 0.717) is 35.6 Å². The summed E-state index contributed by atoms with van der Waals surface area (Å²) in [6.45, 7) is 1.89. The Morgan fingerprint density at radius 1 is 0.971 bits per heavy atom. The third-order valence-electron chi connectivity index (χ3n) is 5.56. The lowest BCUT2D eigenvalue weighted by molar-refractivity contribution is -0.137. The summed E-state index contributed by atoms with van der Waals surface area (Å²) in [5.41, 5.74) is 2.80. The van der Waals surface area contributed by atoms with Crippen molar-refractivity contribution in [2.24, 2.45) is 0 Å². The third-order valence-corrected chi connectivity index (χ3v) is 5.56. The van der Waals surface area contributed by atoms with Gasteiger partial charge in [0.15, 0.2) is 0 Å². The minimum absolute atomic E-state index is 0.103. The number of ether oxygens (including phenoxy) is 1. The zero-order chi connectivity index (χ0) is 25.0. The summed E-state index contributed by atoms with van der Waals surface area (Å²) in [5, 5.41) is 6.70. The third kappa shape index (κ3) is 6.09. The first kappa shape index (κ1) is 24.1. The maximum atomic E-state index is 13.0. The van der Waals surface area contributed by atoms with E-state index in [4.69, 9.17) is 4.74 Å². The highest BCUT2D eigenvalue weighted by atomic mass is 19.4. The first-order chi connectivity index (χ1) is 16.7. The van der Waals surface area contributed by atoms with Crippen LogP contribution in [0.25, 0.3) is 10.9 Å². The molecule has 0 fully saturated rings. The molecular weight excluding hydrogens is 455 g/mol. The lowest BCUT2D eigenvalue weighted by Gasteiger charge is -2.13. The molecule has 0 atom stereocenters. The van der Waals surface area contributed by atoms with Crippen LogP contribution in [0.3, 0.4) is 0 Å². The quantitative estimate of drug-likeness (QED) is 0.303. The van der Waals surface area contributed by atoms with Crippen molar-refractivity contribution in [2.75, 3.05) is 17.7 Å². The van der Waals surface area contributed by atoms with Gasteiger partial charge in [-0.3, -0.25) is 4.79 Å². The Kier molecular flexibility index (Phi) is 6.91. The maximum absolute atomic E-state index is 13.0.